The van der Waals surface area contributed by atoms with Gasteiger partial charge in [0, 0.05) is 31.0 Å². The fourth-order valence-electron chi connectivity index (χ4n) is 1.70. The molecule has 1 atom stereocenters. The molecule has 1 unspecified atom stereocenters. The summed E-state index contributed by atoms with van der Waals surface area (Å²) < 4.78 is 4.21. The van der Waals surface area contributed by atoms with Gasteiger partial charge in [0.1, 0.15) is 0 Å². The minimum Gasteiger partial charge on any atom is -0.389 e. The smallest absolute Gasteiger partial charge is 0.0755 e. The van der Waals surface area contributed by atoms with Crippen molar-refractivity contribution in [2.75, 3.05) is 6.54 Å². The molecule has 2 heterocycles. The summed E-state index contributed by atoms with van der Waals surface area (Å²) in [7, 11) is 0. The van der Waals surface area contributed by atoms with Gasteiger partial charge in [-0.25, -0.2) is 0 Å². The second-order valence-corrected chi connectivity index (χ2v) is 4.50. The molecule has 14 heavy (non-hydrogen) atoms. The number of rotatable bonds is 2. The van der Waals surface area contributed by atoms with E-state index in [1.165, 1.54) is 17.1 Å². The molecule has 76 valence electrons. The van der Waals surface area contributed by atoms with Crippen LogP contribution in [0.1, 0.15) is 24.1 Å². The quantitative estimate of drug-likeness (QED) is 0.805. The van der Waals surface area contributed by atoms with E-state index in [0.29, 0.717) is 12.8 Å². The number of aromatic nitrogens is 1. The summed E-state index contributed by atoms with van der Waals surface area (Å²) in [4.78, 5) is 4.13. The van der Waals surface area contributed by atoms with Crippen molar-refractivity contribution < 1.29 is 5.11 Å². The van der Waals surface area contributed by atoms with Crippen LogP contribution in [0.15, 0.2) is 10.4 Å². The Morgan fingerprint density at radius 2 is 2.50 bits per heavy atom. The van der Waals surface area contributed by atoms with Crippen molar-refractivity contribution in [2.45, 2.75) is 31.8 Å². The summed E-state index contributed by atoms with van der Waals surface area (Å²) >= 11 is 1.46. The first-order valence-corrected chi connectivity index (χ1v) is 5.64. The third-order valence-corrected chi connectivity index (χ3v) is 3.44. The number of hydrogen-bond donors (Lipinski definition) is 1. The molecule has 1 N–H and O–H groups in total. The highest BCUT2D eigenvalue weighted by atomic mass is 32.1. The molecule has 0 saturated heterocycles. The van der Waals surface area contributed by atoms with Crippen LogP contribution < -0.4 is 0 Å². The second kappa shape index (κ2) is 3.79. The molecule has 2 rings (SSSR count). The van der Waals surface area contributed by atoms with E-state index < -0.39 is 5.60 Å². The highest BCUT2D eigenvalue weighted by molar-refractivity contribution is 7.03. The van der Waals surface area contributed by atoms with Crippen LogP contribution in [-0.2, 0) is 6.42 Å². The van der Waals surface area contributed by atoms with E-state index >= 15 is 0 Å². The largest absolute Gasteiger partial charge is 0.389 e. The van der Waals surface area contributed by atoms with E-state index in [2.05, 4.69) is 9.37 Å². The van der Waals surface area contributed by atoms with E-state index in [4.69, 9.17) is 0 Å². The van der Waals surface area contributed by atoms with Gasteiger partial charge in [0.05, 0.1) is 11.3 Å². The van der Waals surface area contributed by atoms with Crippen LogP contribution in [0.3, 0.4) is 0 Å². The first kappa shape index (κ1) is 9.80. The summed E-state index contributed by atoms with van der Waals surface area (Å²) in [5, 5.41) is 12.3. The summed E-state index contributed by atoms with van der Waals surface area (Å²) in [5.74, 6) is 0. The van der Waals surface area contributed by atoms with Crippen molar-refractivity contribution in [3.63, 3.8) is 0 Å². The molecule has 0 radical (unpaired) electrons. The van der Waals surface area contributed by atoms with Gasteiger partial charge in [0.25, 0.3) is 0 Å². The molecule has 0 spiro atoms. The number of hydrogen-bond acceptors (Lipinski definition) is 4. The van der Waals surface area contributed by atoms with Gasteiger partial charge in [-0.15, -0.1) is 0 Å². The zero-order chi connectivity index (χ0) is 10.0. The number of aliphatic hydroxyl groups is 1. The molecule has 0 amide bonds. The lowest BCUT2D eigenvalue weighted by Gasteiger charge is -2.28. The fourth-order valence-corrected chi connectivity index (χ4v) is 2.41. The molecule has 1 aromatic rings. The topological polar surface area (TPSA) is 45.5 Å². The zero-order valence-corrected chi connectivity index (χ0v) is 9.05. The Morgan fingerprint density at radius 3 is 3.07 bits per heavy atom. The lowest BCUT2D eigenvalue weighted by molar-refractivity contribution is 0.0390. The van der Waals surface area contributed by atoms with E-state index in [9.17, 15) is 5.11 Å². The molecule has 0 fully saturated rings. The van der Waals surface area contributed by atoms with Gasteiger partial charge in [0.2, 0.25) is 0 Å². The molecule has 0 aliphatic carbocycles. The first-order valence-electron chi connectivity index (χ1n) is 4.80. The highest BCUT2D eigenvalue weighted by Crippen LogP contribution is 2.25. The Morgan fingerprint density at radius 1 is 1.64 bits per heavy atom. The third kappa shape index (κ3) is 2.01. The highest BCUT2D eigenvalue weighted by Gasteiger charge is 2.28. The number of nitrogens with zero attached hydrogens (tertiary/aromatic N) is 2. The molecule has 4 heteroatoms. The molecule has 1 aliphatic rings. The van der Waals surface area contributed by atoms with Crippen LogP contribution in [0.5, 0.6) is 0 Å². The summed E-state index contributed by atoms with van der Waals surface area (Å²) in [5.41, 5.74) is 1.63. The molecular formula is C10H14N2OS. The van der Waals surface area contributed by atoms with Crippen molar-refractivity contribution >= 4 is 17.7 Å². The van der Waals surface area contributed by atoms with Crippen LogP contribution >= 0.6 is 11.5 Å². The number of aliphatic imine (C=N–C) groups is 1. The van der Waals surface area contributed by atoms with Crippen LogP contribution in [-0.4, -0.2) is 27.8 Å². The second-order valence-electron chi connectivity index (χ2n) is 3.87. The van der Waals surface area contributed by atoms with Gasteiger partial charge < -0.3 is 5.11 Å². The van der Waals surface area contributed by atoms with E-state index in [1.807, 2.05) is 18.5 Å². The van der Waals surface area contributed by atoms with Crippen molar-refractivity contribution in [1.82, 2.24) is 4.37 Å². The van der Waals surface area contributed by atoms with Gasteiger partial charge in [-0.1, -0.05) is 0 Å². The van der Waals surface area contributed by atoms with Gasteiger partial charge in [-0.3, -0.25) is 4.99 Å². The summed E-state index contributed by atoms with van der Waals surface area (Å²) in [6, 6.07) is 0. The molecule has 0 saturated carbocycles. The summed E-state index contributed by atoms with van der Waals surface area (Å²) in [6.07, 6.45) is 3.97. The molecule has 3 nitrogen and oxygen atoms in total. The maximum Gasteiger partial charge on any atom is 0.0755 e. The van der Waals surface area contributed by atoms with E-state index in [1.54, 1.807) is 0 Å². The predicted octanol–water partition coefficient (Wildman–Crippen LogP) is 1.59. The predicted molar refractivity (Wildman–Crippen MR) is 58.1 cm³/mol. The van der Waals surface area contributed by atoms with Crippen LogP contribution in [0.2, 0.25) is 0 Å². The lowest BCUT2D eigenvalue weighted by Crippen LogP contribution is -2.35. The minimum atomic E-state index is -0.588. The van der Waals surface area contributed by atoms with Gasteiger partial charge in [-0.2, -0.15) is 4.37 Å². The van der Waals surface area contributed by atoms with Crippen LogP contribution in [0, 0.1) is 6.92 Å². The zero-order valence-electron chi connectivity index (χ0n) is 8.23. The fraction of sp³-hybridized carbons (Fsp3) is 0.600. The molecular weight excluding hydrogens is 196 g/mol. The average molecular weight is 210 g/mol. The molecule has 0 bridgehead atoms. The Balaban J connectivity index is 2.10. The molecule has 1 aromatic heterocycles. The van der Waals surface area contributed by atoms with Gasteiger partial charge >= 0.3 is 0 Å². The average Bonchev–Trinajstić information content (AvgIpc) is 2.52. The van der Waals surface area contributed by atoms with Crippen LogP contribution in [0.25, 0.3) is 0 Å². The van der Waals surface area contributed by atoms with Crippen molar-refractivity contribution in [1.29, 1.82) is 0 Å². The van der Waals surface area contributed by atoms with Crippen molar-refractivity contribution in [3.05, 3.63) is 16.6 Å². The Kier molecular flexibility index (Phi) is 2.65. The first-order chi connectivity index (χ1) is 6.70. The monoisotopic (exact) mass is 210 g/mol. The SMILES string of the molecule is Cc1nscc1CC1(O)CC=NCC1. The lowest BCUT2D eigenvalue weighted by atomic mass is 9.87. The minimum absolute atomic E-state index is 0.588. The van der Waals surface area contributed by atoms with E-state index in [-0.39, 0.29) is 0 Å². The maximum atomic E-state index is 10.3. The Hall–Kier alpha value is -0.740. The Labute approximate surface area is 87.7 Å². The normalized spacial score (nSPS) is 26.7. The van der Waals surface area contributed by atoms with Crippen LogP contribution in [0.4, 0.5) is 0 Å². The molecule has 1 aliphatic heterocycles. The molecule has 0 aromatic carbocycles. The maximum absolute atomic E-state index is 10.3. The van der Waals surface area contributed by atoms with E-state index in [0.717, 1.165) is 18.7 Å². The van der Waals surface area contributed by atoms with Crippen molar-refractivity contribution in [3.8, 4) is 0 Å². The number of aryl methyl sites for hydroxylation is 1. The standard InChI is InChI=1S/C10H14N2OS/c1-8-9(7-14-12-8)6-10(13)2-4-11-5-3-10/h4,7,13H,2-3,5-6H2,1H3. The van der Waals surface area contributed by atoms with Gasteiger partial charge in [0.15, 0.2) is 0 Å². The Bertz CT molecular complexity index is 348. The summed E-state index contributed by atoms with van der Waals surface area (Å²) in [6.45, 7) is 2.74. The van der Waals surface area contributed by atoms with Crippen molar-refractivity contribution in [2.24, 2.45) is 4.99 Å². The third-order valence-electron chi connectivity index (χ3n) is 2.68. The van der Waals surface area contributed by atoms with Gasteiger partial charge in [-0.05, 0) is 30.4 Å².